The monoisotopic (exact) mass is 312 g/mol. The quantitative estimate of drug-likeness (QED) is 0.818. The first kappa shape index (κ1) is 15.8. The molecule has 2 N–H and O–H groups in total. The molecular formula is C14H20N2O4S. The fraction of sp³-hybridized carbons (Fsp3) is 0.429. The van der Waals surface area contributed by atoms with Crippen LogP contribution < -0.4 is 10.0 Å². The lowest BCUT2D eigenvalue weighted by atomic mass is 10.3. The number of rotatable bonds is 7. The molecule has 0 aliphatic carbocycles. The van der Waals surface area contributed by atoms with Crippen molar-refractivity contribution in [2.75, 3.05) is 0 Å². The predicted octanol–water partition coefficient (Wildman–Crippen LogP) is 2.16. The number of nitrogens with one attached hydrogen (secondary N) is 2. The topological polar surface area (TPSA) is 84.5 Å². The van der Waals surface area contributed by atoms with Crippen LogP contribution in [-0.2, 0) is 23.1 Å². The minimum absolute atomic E-state index is 0.0914. The second kappa shape index (κ2) is 6.46. The number of hydrogen-bond donors (Lipinski definition) is 2. The van der Waals surface area contributed by atoms with E-state index in [1.165, 1.54) is 6.07 Å². The molecule has 0 fully saturated rings. The molecule has 0 bridgehead atoms. The van der Waals surface area contributed by atoms with Gasteiger partial charge < -0.3 is 14.2 Å². The molecule has 2 heterocycles. The van der Waals surface area contributed by atoms with Crippen molar-refractivity contribution in [2.24, 2.45) is 0 Å². The smallest absolute Gasteiger partial charge is 0.274 e. The lowest BCUT2D eigenvalue weighted by molar-refractivity contribution is 0.392. The van der Waals surface area contributed by atoms with Crippen molar-refractivity contribution in [3.05, 3.63) is 41.5 Å². The Morgan fingerprint density at radius 3 is 2.33 bits per heavy atom. The molecule has 2 aromatic heterocycles. The highest BCUT2D eigenvalue weighted by Gasteiger charge is 2.19. The molecule has 0 aliphatic rings. The molecule has 21 heavy (non-hydrogen) atoms. The molecule has 0 radical (unpaired) electrons. The van der Waals surface area contributed by atoms with E-state index in [9.17, 15) is 8.42 Å². The van der Waals surface area contributed by atoms with Gasteiger partial charge in [-0.05, 0) is 31.2 Å². The van der Waals surface area contributed by atoms with Gasteiger partial charge in [0.25, 0.3) is 10.0 Å². The summed E-state index contributed by atoms with van der Waals surface area (Å²) in [7, 11) is -3.67. The third-order valence-corrected chi connectivity index (χ3v) is 4.09. The van der Waals surface area contributed by atoms with Crippen LogP contribution in [0.5, 0.6) is 0 Å². The van der Waals surface area contributed by atoms with Gasteiger partial charge >= 0.3 is 0 Å². The molecule has 116 valence electrons. The first-order valence-electron chi connectivity index (χ1n) is 6.74. The zero-order valence-electron chi connectivity index (χ0n) is 12.3. The third-order valence-electron chi connectivity index (χ3n) is 2.82. The Labute approximate surface area is 124 Å². The first-order valence-corrected chi connectivity index (χ1v) is 8.22. The second-order valence-corrected chi connectivity index (χ2v) is 6.79. The molecule has 7 heteroatoms. The lowest BCUT2D eigenvalue weighted by Gasteiger charge is -2.05. The van der Waals surface area contributed by atoms with Crippen molar-refractivity contribution in [2.45, 2.75) is 45.0 Å². The Morgan fingerprint density at radius 2 is 1.71 bits per heavy atom. The first-order chi connectivity index (χ1) is 9.87. The average Bonchev–Trinajstić information content (AvgIpc) is 3.03. The number of furan rings is 2. The minimum Gasteiger partial charge on any atom is -0.465 e. The molecule has 0 atom stereocenters. The van der Waals surface area contributed by atoms with Gasteiger partial charge in [0, 0.05) is 6.04 Å². The number of sulfonamides is 1. The number of hydrogen-bond acceptors (Lipinski definition) is 5. The van der Waals surface area contributed by atoms with Gasteiger partial charge in [-0.25, -0.2) is 13.1 Å². The summed E-state index contributed by atoms with van der Waals surface area (Å²) < 4.78 is 37.3. The summed E-state index contributed by atoms with van der Waals surface area (Å²) in [5.41, 5.74) is 0. The van der Waals surface area contributed by atoms with Gasteiger partial charge in [0.2, 0.25) is 5.09 Å². The Hall–Kier alpha value is -1.57. The van der Waals surface area contributed by atoms with E-state index in [1.807, 2.05) is 13.8 Å². The largest absolute Gasteiger partial charge is 0.465 e. The minimum atomic E-state index is -3.67. The average molecular weight is 312 g/mol. The Balaban J connectivity index is 1.99. The van der Waals surface area contributed by atoms with Gasteiger partial charge in [0.05, 0.1) is 13.1 Å². The second-order valence-electron chi connectivity index (χ2n) is 5.09. The highest BCUT2D eigenvalue weighted by molar-refractivity contribution is 7.89. The van der Waals surface area contributed by atoms with Crippen molar-refractivity contribution < 1.29 is 17.3 Å². The fourth-order valence-electron chi connectivity index (χ4n) is 1.72. The molecule has 0 saturated heterocycles. The molecule has 0 amide bonds. The summed E-state index contributed by atoms with van der Waals surface area (Å²) in [6.45, 7) is 6.40. The van der Waals surface area contributed by atoms with Crippen LogP contribution in [0.4, 0.5) is 0 Å². The van der Waals surface area contributed by atoms with Crippen molar-refractivity contribution in [3.8, 4) is 0 Å². The van der Waals surface area contributed by atoms with Gasteiger partial charge in [-0.15, -0.1) is 0 Å². The van der Waals surface area contributed by atoms with Gasteiger partial charge in [0.15, 0.2) is 0 Å². The molecule has 6 nitrogen and oxygen atoms in total. The summed E-state index contributed by atoms with van der Waals surface area (Å²) in [5.74, 6) is 1.88. The summed E-state index contributed by atoms with van der Waals surface area (Å²) in [6.07, 6.45) is 0. The molecular weight excluding hydrogens is 292 g/mol. The standard InChI is InChI=1S/C14H20N2O4S/c1-10(2)15-8-12-6-7-14(20-12)21(17,18)16-9-13-5-4-11(3)19-13/h4-7,10,15-16H,8-9H2,1-3H3. The predicted molar refractivity (Wildman–Crippen MR) is 78.2 cm³/mol. The molecule has 0 saturated carbocycles. The number of aryl methyl sites for hydroxylation is 1. The Kier molecular flexibility index (Phi) is 4.87. The summed E-state index contributed by atoms with van der Waals surface area (Å²) >= 11 is 0. The highest BCUT2D eigenvalue weighted by atomic mass is 32.2. The molecule has 2 aromatic rings. The van der Waals surface area contributed by atoms with Crippen LogP contribution in [-0.4, -0.2) is 14.5 Å². The maximum atomic E-state index is 12.1. The van der Waals surface area contributed by atoms with Crippen LogP contribution in [0.1, 0.15) is 31.1 Å². The van der Waals surface area contributed by atoms with Crippen molar-refractivity contribution in [3.63, 3.8) is 0 Å². The SMILES string of the molecule is Cc1ccc(CNS(=O)(=O)c2ccc(CNC(C)C)o2)o1. The summed E-state index contributed by atoms with van der Waals surface area (Å²) in [4.78, 5) is 0. The van der Waals surface area contributed by atoms with Crippen molar-refractivity contribution in [1.29, 1.82) is 0 Å². The van der Waals surface area contributed by atoms with E-state index in [4.69, 9.17) is 8.83 Å². The highest BCUT2D eigenvalue weighted by Crippen LogP contribution is 2.15. The van der Waals surface area contributed by atoms with E-state index in [0.29, 0.717) is 24.1 Å². The van der Waals surface area contributed by atoms with Crippen LogP contribution in [0.15, 0.2) is 38.2 Å². The van der Waals surface area contributed by atoms with E-state index in [2.05, 4.69) is 10.0 Å². The van der Waals surface area contributed by atoms with E-state index < -0.39 is 10.0 Å². The third kappa shape index (κ3) is 4.45. The van der Waals surface area contributed by atoms with Gasteiger partial charge in [-0.2, -0.15) is 0 Å². The van der Waals surface area contributed by atoms with Crippen molar-refractivity contribution >= 4 is 10.0 Å². The van der Waals surface area contributed by atoms with Gasteiger partial charge in [-0.1, -0.05) is 13.8 Å². The molecule has 0 aliphatic heterocycles. The zero-order chi connectivity index (χ0) is 15.5. The van der Waals surface area contributed by atoms with E-state index >= 15 is 0 Å². The summed E-state index contributed by atoms with van der Waals surface area (Å²) in [5, 5.41) is 3.07. The molecule has 0 aromatic carbocycles. The molecule has 2 rings (SSSR count). The van der Waals surface area contributed by atoms with Gasteiger partial charge in [-0.3, -0.25) is 0 Å². The maximum Gasteiger partial charge on any atom is 0.274 e. The lowest BCUT2D eigenvalue weighted by Crippen LogP contribution is -2.23. The van der Waals surface area contributed by atoms with Crippen LogP contribution in [0.3, 0.4) is 0 Å². The van der Waals surface area contributed by atoms with E-state index in [1.54, 1.807) is 25.1 Å². The summed E-state index contributed by atoms with van der Waals surface area (Å²) in [6, 6.07) is 6.92. The van der Waals surface area contributed by atoms with Crippen LogP contribution in [0.25, 0.3) is 0 Å². The van der Waals surface area contributed by atoms with Crippen LogP contribution in [0, 0.1) is 6.92 Å². The van der Waals surface area contributed by atoms with Crippen LogP contribution in [0.2, 0.25) is 0 Å². The van der Waals surface area contributed by atoms with E-state index in [0.717, 1.165) is 5.76 Å². The molecule has 0 unspecified atom stereocenters. The Morgan fingerprint density at radius 1 is 1.05 bits per heavy atom. The van der Waals surface area contributed by atoms with Gasteiger partial charge in [0.1, 0.15) is 17.3 Å². The van der Waals surface area contributed by atoms with Crippen LogP contribution >= 0.6 is 0 Å². The fourth-order valence-corrected chi connectivity index (χ4v) is 2.66. The van der Waals surface area contributed by atoms with Crippen molar-refractivity contribution in [1.82, 2.24) is 10.0 Å². The zero-order valence-corrected chi connectivity index (χ0v) is 13.2. The molecule has 0 spiro atoms. The maximum absolute atomic E-state index is 12.1. The van der Waals surface area contributed by atoms with E-state index in [-0.39, 0.29) is 11.6 Å². The normalized spacial score (nSPS) is 12.2. The Bertz CT molecular complexity index is 685.